The average molecular weight is 388 g/mol. The summed E-state index contributed by atoms with van der Waals surface area (Å²) in [6, 6.07) is 0.273. The lowest BCUT2D eigenvalue weighted by Gasteiger charge is -2.30. The molecule has 0 saturated carbocycles. The van der Waals surface area contributed by atoms with E-state index in [1.54, 1.807) is 19.3 Å². The summed E-state index contributed by atoms with van der Waals surface area (Å²) >= 11 is 1.82. The van der Waals surface area contributed by atoms with Gasteiger partial charge in [-0.2, -0.15) is 0 Å². The molecule has 27 heavy (non-hydrogen) atoms. The number of rotatable bonds is 6. The number of carbonyl (C=O) groups is 1. The highest BCUT2D eigenvalue weighted by Crippen LogP contribution is 2.25. The van der Waals surface area contributed by atoms with Crippen molar-refractivity contribution in [3.05, 3.63) is 40.4 Å². The van der Waals surface area contributed by atoms with E-state index in [0.717, 1.165) is 44.5 Å². The molecule has 1 saturated heterocycles. The Hall–Kier alpha value is -1.86. The molecule has 0 aromatic carbocycles. The summed E-state index contributed by atoms with van der Waals surface area (Å²) in [5.41, 5.74) is 0.984. The maximum atomic E-state index is 12.3. The lowest BCUT2D eigenvalue weighted by Crippen LogP contribution is -2.39. The molecule has 1 amide bonds. The van der Waals surface area contributed by atoms with Crippen LogP contribution in [0.25, 0.3) is 0 Å². The van der Waals surface area contributed by atoms with Crippen LogP contribution < -0.4 is 0 Å². The third kappa shape index (κ3) is 5.56. The Morgan fingerprint density at radius 1 is 1.26 bits per heavy atom. The van der Waals surface area contributed by atoms with Crippen molar-refractivity contribution in [1.82, 2.24) is 24.8 Å². The van der Waals surface area contributed by atoms with Gasteiger partial charge in [-0.25, -0.2) is 15.0 Å². The molecule has 1 fully saturated rings. The van der Waals surface area contributed by atoms with Crippen molar-refractivity contribution in [3.8, 4) is 0 Å². The molecule has 0 bridgehead atoms. The van der Waals surface area contributed by atoms with E-state index in [2.05, 4.69) is 33.7 Å². The molecule has 3 rings (SSSR count). The van der Waals surface area contributed by atoms with Gasteiger partial charge < -0.3 is 4.90 Å². The number of carbonyl (C=O) groups excluding carboxylic acids is 1. The second-order valence-electron chi connectivity index (χ2n) is 7.57. The molecule has 1 aliphatic heterocycles. The quantitative estimate of drug-likeness (QED) is 0.760. The van der Waals surface area contributed by atoms with Gasteiger partial charge in [-0.1, -0.05) is 13.8 Å². The highest BCUT2D eigenvalue weighted by molar-refractivity contribution is 7.11. The Morgan fingerprint density at radius 2 is 2.04 bits per heavy atom. The van der Waals surface area contributed by atoms with Crippen LogP contribution in [0.5, 0.6) is 0 Å². The Labute approximate surface area is 165 Å². The first-order chi connectivity index (χ1) is 13.0. The average Bonchev–Trinajstić information content (AvgIpc) is 3.00. The number of aromatic nitrogens is 3. The fourth-order valence-electron chi connectivity index (χ4n) is 3.57. The topological polar surface area (TPSA) is 62.2 Å². The van der Waals surface area contributed by atoms with Gasteiger partial charge in [0, 0.05) is 55.1 Å². The van der Waals surface area contributed by atoms with Crippen LogP contribution in [0.1, 0.15) is 61.4 Å². The Bertz CT molecular complexity index is 733. The third-order valence-electron chi connectivity index (χ3n) is 5.10. The molecule has 146 valence electrons. The van der Waals surface area contributed by atoms with Gasteiger partial charge in [-0.15, -0.1) is 11.3 Å². The number of hydrogen-bond donors (Lipinski definition) is 0. The monoisotopic (exact) mass is 387 g/mol. The van der Waals surface area contributed by atoms with Gasteiger partial charge in [0.25, 0.3) is 0 Å². The molecule has 0 radical (unpaired) electrons. The Kier molecular flexibility index (Phi) is 6.90. The van der Waals surface area contributed by atoms with Gasteiger partial charge in [0.05, 0.1) is 6.54 Å². The maximum Gasteiger partial charge on any atom is 0.219 e. The molecule has 3 heterocycles. The summed E-state index contributed by atoms with van der Waals surface area (Å²) in [6.45, 7) is 9.64. The standard InChI is InChI=1S/C20H29N5OS/c1-15(2)19-11-23-20(27-19)13-24-7-4-5-18(6-8-24)25(16(3)26)12-17-9-21-14-22-10-17/h9-11,14-15,18H,4-8,12-13H2,1-3H3/t18-/m0/s1. The lowest BCUT2D eigenvalue weighted by molar-refractivity contribution is -0.132. The Balaban J connectivity index is 1.59. The molecule has 2 aromatic heterocycles. The second kappa shape index (κ2) is 9.37. The maximum absolute atomic E-state index is 12.3. The molecular weight excluding hydrogens is 358 g/mol. The molecule has 2 aromatic rings. The summed E-state index contributed by atoms with van der Waals surface area (Å²) in [5, 5.41) is 1.20. The van der Waals surface area contributed by atoms with Crippen molar-refractivity contribution in [2.45, 2.75) is 65.1 Å². The summed E-state index contributed by atoms with van der Waals surface area (Å²) in [5.74, 6) is 0.662. The first-order valence-corrected chi connectivity index (χ1v) is 10.5. The third-order valence-corrected chi connectivity index (χ3v) is 6.38. The summed E-state index contributed by atoms with van der Waals surface area (Å²) in [4.78, 5) is 30.8. The van der Waals surface area contributed by atoms with E-state index < -0.39 is 0 Å². The minimum Gasteiger partial charge on any atom is -0.335 e. The van der Waals surface area contributed by atoms with Crippen LogP contribution in [-0.4, -0.2) is 49.8 Å². The van der Waals surface area contributed by atoms with E-state index in [-0.39, 0.29) is 11.9 Å². The normalized spacial score (nSPS) is 18.4. The lowest BCUT2D eigenvalue weighted by atomic mass is 10.1. The fraction of sp³-hybridized carbons (Fsp3) is 0.600. The minimum atomic E-state index is 0.124. The van der Waals surface area contributed by atoms with Gasteiger partial charge in [0.15, 0.2) is 0 Å². The van der Waals surface area contributed by atoms with Crippen molar-refractivity contribution in [2.24, 2.45) is 0 Å². The largest absolute Gasteiger partial charge is 0.335 e. The van der Waals surface area contributed by atoms with Crippen LogP contribution in [0, 0.1) is 0 Å². The van der Waals surface area contributed by atoms with Gasteiger partial charge in [0.2, 0.25) is 5.91 Å². The van der Waals surface area contributed by atoms with Crippen molar-refractivity contribution in [3.63, 3.8) is 0 Å². The van der Waals surface area contributed by atoms with Gasteiger partial charge >= 0.3 is 0 Å². The van der Waals surface area contributed by atoms with Crippen molar-refractivity contribution < 1.29 is 4.79 Å². The summed E-state index contributed by atoms with van der Waals surface area (Å²) < 4.78 is 0. The van der Waals surface area contributed by atoms with Crippen LogP contribution >= 0.6 is 11.3 Å². The van der Waals surface area contributed by atoms with Crippen LogP contribution in [0.3, 0.4) is 0 Å². The van der Waals surface area contributed by atoms with Gasteiger partial charge in [0.1, 0.15) is 11.3 Å². The molecule has 0 unspecified atom stereocenters. The van der Waals surface area contributed by atoms with E-state index in [1.165, 1.54) is 16.2 Å². The molecule has 0 aliphatic carbocycles. The predicted octanol–water partition coefficient (Wildman–Crippen LogP) is 3.46. The number of thiazole rings is 1. The van der Waals surface area contributed by atoms with E-state index in [4.69, 9.17) is 0 Å². The summed E-state index contributed by atoms with van der Waals surface area (Å²) in [6.07, 6.45) is 10.3. The zero-order valence-electron chi connectivity index (χ0n) is 16.5. The number of likely N-dealkylation sites (tertiary alicyclic amines) is 1. The molecule has 1 atom stereocenters. The first kappa shape index (κ1) is 19.9. The number of nitrogens with zero attached hydrogens (tertiary/aromatic N) is 5. The smallest absolute Gasteiger partial charge is 0.219 e. The van der Waals surface area contributed by atoms with E-state index in [1.807, 2.05) is 22.4 Å². The predicted molar refractivity (Wildman–Crippen MR) is 107 cm³/mol. The molecule has 6 nitrogen and oxygen atoms in total. The van der Waals surface area contributed by atoms with Crippen LogP contribution in [0.15, 0.2) is 24.9 Å². The molecule has 1 aliphatic rings. The van der Waals surface area contributed by atoms with Gasteiger partial charge in [-0.3, -0.25) is 9.69 Å². The fourth-order valence-corrected chi connectivity index (χ4v) is 4.54. The number of hydrogen-bond acceptors (Lipinski definition) is 6. The highest BCUT2D eigenvalue weighted by atomic mass is 32.1. The summed E-state index contributed by atoms with van der Waals surface area (Å²) in [7, 11) is 0. The molecule has 7 heteroatoms. The van der Waals surface area contributed by atoms with E-state index in [0.29, 0.717) is 12.5 Å². The zero-order valence-corrected chi connectivity index (χ0v) is 17.3. The van der Waals surface area contributed by atoms with Crippen LogP contribution in [-0.2, 0) is 17.9 Å². The van der Waals surface area contributed by atoms with E-state index >= 15 is 0 Å². The second-order valence-corrected chi connectivity index (χ2v) is 8.71. The minimum absolute atomic E-state index is 0.124. The van der Waals surface area contributed by atoms with Crippen LogP contribution in [0.4, 0.5) is 0 Å². The van der Waals surface area contributed by atoms with Crippen molar-refractivity contribution in [1.29, 1.82) is 0 Å². The van der Waals surface area contributed by atoms with Crippen molar-refractivity contribution >= 4 is 17.2 Å². The molecule has 0 N–H and O–H groups in total. The SMILES string of the molecule is CC(=O)N(Cc1cncnc1)[C@H]1CCCN(Cc2ncc(C(C)C)s2)CC1. The Morgan fingerprint density at radius 3 is 2.70 bits per heavy atom. The van der Waals surface area contributed by atoms with Gasteiger partial charge in [-0.05, 0) is 31.7 Å². The van der Waals surface area contributed by atoms with Crippen LogP contribution in [0.2, 0.25) is 0 Å². The number of amides is 1. The van der Waals surface area contributed by atoms with E-state index in [9.17, 15) is 4.79 Å². The highest BCUT2D eigenvalue weighted by Gasteiger charge is 2.25. The van der Waals surface area contributed by atoms with Crippen molar-refractivity contribution in [2.75, 3.05) is 13.1 Å². The zero-order chi connectivity index (χ0) is 19.2. The molecular formula is C20H29N5OS. The molecule has 0 spiro atoms. The first-order valence-electron chi connectivity index (χ1n) is 9.71.